The van der Waals surface area contributed by atoms with E-state index < -0.39 is 141 Å². The third-order valence-corrected chi connectivity index (χ3v) is 21.0. The van der Waals surface area contributed by atoms with E-state index in [0.717, 1.165) is 44.9 Å². The van der Waals surface area contributed by atoms with Gasteiger partial charge in [-0.2, -0.15) is 0 Å². The Morgan fingerprint density at radius 2 is 1.27 bits per heavy atom. The lowest BCUT2D eigenvalue weighted by Crippen LogP contribution is -2.66. The lowest BCUT2D eigenvalue weighted by Gasteiger charge is -2.71. The van der Waals surface area contributed by atoms with Gasteiger partial charge in [-0.1, -0.05) is 60.1 Å². The number of carbonyl (C=O) groups excluding carboxylic acids is 1. The zero-order valence-corrected chi connectivity index (χ0v) is 44.1. The minimum absolute atomic E-state index is 0.0778. The predicted molar refractivity (Wildman–Crippen MR) is 255 cm³/mol. The van der Waals surface area contributed by atoms with Crippen LogP contribution in [0, 0.1) is 50.2 Å². The average molecular weight is 1060 g/mol. The number of aliphatic hydroxyl groups excluding tert-OH is 12. The maximum atomic E-state index is 15.1. The Bertz CT molecular complexity index is 2040. The largest absolute Gasteiger partial charge is 0.432 e. The smallest absolute Gasteiger partial charge is 0.315 e. The Labute approximate surface area is 433 Å². The van der Waals surface area contributed by atoms with Crippen LogP contribution >= 0.6 is 0 Å². The Balaban J connectivity index is 0.891. The molecule has 4 saturated carbocycles. The van der Waals surface area contributed by atoms with Gasteiger partial charge in [-0.3, -0.25) is 4.79 Å². The van der Waals surface area contributed by atoms with E-state index in [4.69, 9.17) is 37.9 Å². The van der Waals surface area contributed by atoms with E-state index in [-0.39, 0.29) is 51.6 Å². The lowest BCUT2D eigenvalue weighted by molar-refractivity contribution is -0.361. The topological polar surface area (TPSA) is 334 Å². The second-order valence-electron chi connectivity index (χ2n) is 25.8. The Hall–Kier alpha value is -1.55. The summed E-state index contributed by atoms with van der Waals surface area (Å²) < 4.78 is 47.1. The first-order chi connectivity index (χ1) is 34.6. The summed E-state index contributed by atoms with van der Waals surface area (Å²) in [5.74, 6) is -0.203. The van der Waals surface area contributed by atoms with Crippen molar-refractivity contribution in [3.63, 3.8) is 0 Å². The van der Waals surface area contributed by atoms with Crippen LogP contribution in [0.5, 0.6) is 0 Å². The SMILES string of the molecule is CC1O[C@@H](O[C@@H]2C(CO)OC(OCC3OC(OC(=O)[C@]45CCC(C)(C)C[C@H]4C4=CC[C@@H]6[C@@]7(C)CC[C@H](O[C@@H]8OC[C@H](O)C(O)[C@H]8O)C(C)(C)[C@@H]7CC[C@@]6(C)[C@]4(C)CC5)C(O)C(O)[C@@H]3O)C(O)C2O)[C@H](O)[C@H](O)[C@H]1O. The summed E-state index contributed by atoms with van der Waals surface area (Å²) in [6.07, 6.45) is -19.6. The summed E-state index contributed by atoms with van der Waals surface area (Å²) in [4.78, 5) is 15.1. The van der Waals surface area contributed by atoms with E-state index in [2.05, 4.69) is 54.5 Å². The first-order valence-electron chi connectivity index (χ1n) is 27.1. The van der Waals surface area contributed by atoms with Gasteiger partial charge in [0.1, 0.15) is 85.5 Å². The molecule has 9 rings (SSSR count). The number of rotatable bonds is 10. The quantitative estimate of drug-likeness (QED) is 0.0755. The molecule has 0 amide bonds. The van der Waals surface area contributed by atoms with Crippen molar-refractivity contribution in [2.24, 2.45) is 50.2 Å². The first-order valence-corrected chi connectivity index (χ1v) is 27.1. The maximum Gasteiger partial charge on any atom is 0.315 e. The number of esters is 1. The lowest BCUT2D eigenvalue weighted by atomic mass is 9.33. The fraction of sp³-hybridized carbons (Fsp3) is 0.943. The number of hydrogen-bond acceptors (Lipinski definition) is 21. The van der Waals surface area contributed by atoms with Crippen LogP contribution in [0.25, 0.3) is 0 Å². The van der Waals surface area contributed by atoms with E-state index in [1.54, 1.807) is 0 Å². The number of ether oxygens (including phenoxy) is 8. The van der Waals surface area contributed by atoms with Crippen LogP contribution in [0.4, 0.5) is 0 Å². The molecule has 0 aromatic rings. The Kier molecular flexibility index (Phi) is 15.8. The highest BCUT2D eigenvalue weighted by atomic mass is 16.8. The van der Waals surface area contributed by atoms with Crippen LogP contribution in [0.1, 0.15) is 120 Å². The van der Waals surface area contributed by atoms with Gasteiger partial charge in [-0.25, -0.2) is 0 Å². The molecule has 4 heterocycles. The molecule has 0 aromatic carbocycles. The van der Waals surface area contributed by atoms with Crippen molar-refractivity contribution in [3.05, 3.63) is 11.6 Å². The fourth-order valence-electron chi connectivity index (χ4n) is 16.1. The van der Waals surface area contributed by atoms with Crippen LogP contribution in [-0.4, -0.2) is 210 Å². The van der Waals surface area contributed by atoms with Gasteiger partial charge in [-0.05, 0) is 116 Å². The van der Waals surface area contributed by atoms with Gasteiger partial charge in [0.05, 0.1) is 37.4 Å². The van der Waals surface area contributed by atoms with Crippen LogP contribution in [0.15, 0.2) is 11.6 Å². The zero-order chi connectivity index (χ0) is 54.0. The third kappa shape index (κ3) is 9.27. The predicted octanol–water partition coefficient (Wildman–Crippen LogP) is -0.369. The van der Waals surface area contributed by atoms with Gasteiger partial charge < -0.3 is 99.2 Å². The average Bonchev–Trinajstić information content (AvgIpc) is 3.34. The van der Waals surface area contributed by atoms with Crippen molar-refractivity contribution in [1.29, 1.82) is 0 Å². The summed E-state index contributed by atoms with van der Waals surface area (Å²) >= 11 is 0. The summed E-state index contributed by atoms with van der Waals surface area (Å²) in [5.41, 5.74) is -0.647. The van der Waals surface area contributed by atoms with Gasteiger partial charge in [-0.15, -0.1) is 0 Å². The van der Waals surface area contributed by atoms with Crippen LogP contribution in [0.3, 0.4) is 0 Å². The fourth-order valence-corrected chi connectivity index (χ4v) is 16.1. The van der Waals surface area contributed by atoms with E-state index in [9.17, 15) is 61.3 Å². The van der Waals surface area contributed by atoms with Crippen molar-refractivity contribution in [2.45, 2.75) is 242 Å². The van der Waals surface area contributed by atoms with E-state index in [1.807, 2.05) is 0 Å². The molecule has 9 aliphatic rings. The van der Waals surface area contributed by atoms with Gasteiger partial charge in [0.25, 0.3) is 0 Å². The van der Waals surface area contributed by atoms with Crippen molar-refractivity contribution < 1.29 is 104 Å². The molecule has 0 radical (unpaired) electrons. The standard InChI is InChI=1S/C53H86O21/c1-23-32(56)35(59)39(63)45(69-23)73-42-27(20-54)70-43(41(65)37(42)61)68-22-28-34(58)36(60)40(64)46(71-28)74-47(66)53-17-15-48(2,3)19-25(53)24-9-10-30-50(6)13-12-31(72-44-38(62)33(57)26(55)21-67-44)49(4,5)29(50)11-14-52(30,8)51(24,7)16-18-53/h9,23,25-46,54-65H,10-22H2,1-8H3/t23?,25-,26-,27?,28?,29-,30+,31-,32-,33?,34+,35+,36?,37?,38+,39+,40?,41?,42+,43?,44-,45-,46?,50-,51+,52+,53-/m0/s1. The molecule has 12 N–H and O–H groups in total. The zero-order valence-electron chi connectivity index (χ0n) is 44.1. The molecule has 0 aromatic heterocycles. The summed E-state index contributed by atoms with van der Waals surface area (Å²) in [6, 6.07) is 0. The second-order valence-corrected chi connectivity index (χ2v) is 25.8. The highest BCUT2D eigenvalue weighted by Gasteiger charge is 2.70. The maximum absolute atomic E-state index is 15.1. The minimum atomic E-state index is -1.86. The van der Waals surface area contributed by atoms with E-state index >= 15 is 4.79 Å². The Morgan fingerprint density at radius 1 is 0.635 bits per heavy atom. The molecule has 21 nitrogen and oxygen atoms in total. The summed E-state index contributed by atoms with van der Waals surface area (Å²) in [5, 5.41) is 128. The molecule has 5 aliphatic carbocycles. The van der Waals surface area contributed by atoms with Gasteiger partial charge in [0.2, 0.25) is 6.29 Å². The number of carbonyl (C=O) groups is 1. The summed E-state index contributed by atoms with van der Waals surface area (Å²) in [6.45, 7) is 16.1. The molecule has 4 aliphatic heterocycles. The molecule has 74 heavy (non-hydrogen) atoms. The molecular weight excluding hydrogens is 973 g/mol. The molecule has 4 saturated heterocycles. The molecule has 10 unspecified atom stereocenters. The molecule has 8 fully saturated rings. The molecule has 0 spiro atoms. The molecular formula is C53H86O21. The number of hydrogen-bond donors (Lipinski definition) is 12. The monoisotopic (exact) mass is 1060 g/mol. The first kappa shape index (κ1) is 57.1. The highest BCUT2D eigenvalue weighted by Crippen LogP contribution is 2.76. The molecule has 424 valence electrons. The summed E-state index contributed by atoms with van der Waals surface area (Å²) in [7, 11) is 0. The van der Waals surface area contributed by atoms with Crippen molar-refractivity contribution in [2.75, 3.05) is 19.8 Å². The molecule has 0 bridgehead atoms. The normalized spacial score (nSPS) is 54.1. The van der Waals surface area contributed by atoms with Gasteiger partial charge in [0, 0.05) is 0 Å². The van der Waals surface area contributed by atoms with Crippen molar-refractivity contribution in [3.8, 4) is 0 Å². The Morgan fingerprint density at radius 3 is 1.97 bits per heavy atom. The second kappa shape index (κ2) is 20.5. The van der Waals surface area contributed by atoms with Gasteiger partial charge >= 0.3 is 5.97 Å². The van der Waals surface area contributed by atoms with Crippen molar-refractivity contribution >= 4 is 5.97 Å². The van der Waals surface area contributed by atoms with E-state index in [0.29, 0.717) is 25.2 Å². The minimum Gasteiger partial charge on any atom is -0.432 e. The highest BCUT2D eigenvalue weighted by molar-refractivity contribution is 5.79. The van der Waals surface area contributed by atoms with Crippen LogP contribution < -0.4 is 0 Å². The van der Waals surface area contributed by atoms with Crippen molar-refractivity contribution in [1.82, 2.24) is 0 Å². The number of aliphatic hydroxyl groups is 12. The van der Waals surface area contributed by atoms with Gasteiger partial charge in [0.15, 0.2) is 18.9 Å². The van der Waals surface area contributed by atoms with Crippen LogP contribution in [-0.2, 0) is 42.7 Å². The van der Waals surface area contributed by atoms with E-state index in [1.165, 1.54) is 12.5 Å². The third-order valence-electron chi connectivity index (χ3n) is 21.0. The molecule has 21 heteroatoms. The number of fused-ring (bicyclic) bond motifs is 7. The van der Waals surface area contributed by atoms with Crippen LogP contribution in [0.2, 0.25) is 0 Å². The molecule has 27 atom stereocenters. The number of allylic oxidation sites excluding steroid dienone is 2.